The van der Waals surface area contributed by atoms with Gasteiger partial charge in [-0.15, -0.1) is 11.3 Å². The molecule has 4 nitrogen and oxygen atoms in total. The first-order valence-corrected chi connectivity index (χ1v) is 7.58. The summed E-state index contributed by atoms with van der Waals surface area (Å²) in [6, 6.07) is 17.2. The molecule has 0 bridgehead atoms. The number of thiazole rings is 1. The molecule has 0 aliphatic carbocycles. The minimum absolute atomic E-state index is 0.0499. The van der Waals surface area contributed by atoms with Gasteiger partial charge in [-0.25, -0.2) is 4.98 Å². The minimum Gasteiger partial charge on any atom is -0.481 e. The average molecular weight is 311 g/mol. The van der Waals surface area contributed by atoms with Crippen molar-refractivity contribution in [1.82, 2.24) is 4.98 Å². The summed E-state index contributed by atoms with van der Waals surface area (Å²) in [5, 5.41) is 11.4. The van der Waals surface area contributed by atoms with Crippen LogP contribution in [0.25, 0.3) is 10.6 Å². The molecule has 1 heterocycles. The van der Waals surface area contributed by atoms with E-state index in [9.17, 15) is 4.79 Å². The van der Waals surface area contributed by atoms with Gasteiger partial charge in [0.15, 0.2) is 0 Å². The monoisotopic (exact) mass is 311 g/mol. The Kier molecular flexibility index (Phi) is 4.16. The molecule has 0 unspecified atom stereocenters. The molecule has 0 atom stereocenters. The van der Waals surface area contributed by atoms with Crippen LogP contribution in [-0.2, 0) is 11.2 Å². The molecule has 1 N–H and O–H groups in total. The zero-order valence-electron chi connectivity index (χ0n) is 11.6. The Morgan fingerprint density at radius 3 is 2.41 bits per heavy atom. The van der Waals surface area contributed by atoms with Gasteiger partial charge in [-0.1, -0.05) is 18.2 Å². The van der Waals surface area contributed by atoms with Crippen LogP contribution in [0.5, 0.6) is 11.5 Å². The van der Waals surface area contributed by atoms with Crippen LogP contribution in [0, 0.1) is 0 Å². The number of hydrogen-bond acceptors (Lipinski definition) is 4. The molecule has 0 spiro atoms. The fourth-order valence-electron chi connectivity index (χ4n) is 1.97. The van der Waals surface area contributed by atoms with Gasteiger partial charge in [0.25, 0.3) is 0 Å². The lowest BCUT2D eigenvalue weighted by Crippen LogP contribution is -1.99. The van der Waals surface area contributed by atoms with Crippen LogP contribution in [0.15, 0.2) is 60.0 Å². The summed E-state index contributed by atoms with van der Waals surface area (Å²) in [5.41, 5.74) is 1.53. The molecule has 110 valence electrons. The van der Waals surface area contributed by atoms with E-state index in [-0.39, 0.29) is 6.42 Å². The summed E-state index contributed by atoms with van der Waals surface area (Å²) >= 11 is 1.44. The number of aromatic nitrogens is 1. The quantitative estimate of drug-likeness (QED) is 0.766. The van der Waals surface area contributed by atoms with Gasteiger partial charge in [-0.2, -0.15) is 0 Å². The summed E-state index contributed by atoms with van der Waals surface area (Å²) in [7, 11) is 0. The number of hydrogen-bond donors (Lipinski definition) is 1. The maximum absolute atomic E-state index is 10.7. The summed E-state index contributed by atoms with van der Waals surface area (Å²) in [6.45, 7) is 0. The highest BCUT2D eigenvalue weighted by atomic mass is 32.1. The minimum atomic E-state index is -0.872. The predicted molar refractivity (Wildman–Crippen MR) is 85.4 cm³/mol. The van der Waals surface area contributed by atoms with Crippen molar-refractivity contribution in [2.24, 2.45) is 0 Å². The molecule has 22 heavy (non-hydrogen) atoms. The maximum atomic E-state index is 10.7. The van der Waals surface area contributed by atoms with Crippen molar-refractivity contribution in [3.05, 3.63) is 65.7 Å². The Labute approximate surface area is 131 Å². The molecule has 1 aromatic heterocycles. The third-order valence-corrected chi connectivity index (χ3v) is 3.90. The molecule has 0 aliphatic heterocycles. The van der Waals surface area contributed by atoms with Crippen LogP contribution in [0.3, 0.4) is 0 Å². The van der Waals surface area contributed by atoms with Gasteiger partial charge < -0.3 is 9.84 Å². The SMILES string of the molecule is O=C(O)Cc1csc(-c2ccc(Oc3ccccc3)cc2)n1. The van der Waals surface area contributed by atoms with E-state index in [0.29, 0.717) is 5.69 Å². The van der Waals surface area contributed by atoms with Crippen molar-refractivity contribution in [3.63, 3.8) is 0 Å². The molecular formula is C17H13NO3S. The number of carboxylic acids is 1. The van der Waals surface area contributed by atoms with Gasteiger partial charge in [0.05, 0.1) is 12.1 Å². The zero-order valence-corrected chi connectivity index (χ0v) is 12.4. The number of benzene rings is 2. The summed E-state index contributed by atoms with van der Waals surface area (Å²) in [6.07, 6.45) is -0.0499. The van der Waals surface area contributed by atoms with E-state index in [0.717, 1.165) is 22.1 Å². The maximum Gasteiger partial charge on any atom is 0.309 e. The van der Waals surface area contributed by atoms with Gasteiger partial charge >= 0.3 is 5.97 Å². The second kappa shape index (κ2) is 6.41. The van der Waals surface area contributed by atoms with Crippen LogP contribution >= 0.6 is 11.3 Å². The standard InChI is InChI=1S/C17H13NO3S/c19-16(20)10-13-11-22-17(18-13)12-6-8-15(9-7-12)21-14-4-2-1-3-5-14/h1-9,11H,10H2,(H,19,20). The molecular weight excluding hydrogens is 298 g/mol. The lowest BCUT2D eigenvalue weighted by Gasteiger charge is -2.05. The Hall–Kier alpha value is -2.66. The van der Waals surface area contributed by atoms with Crippen molar-refractivity contribution in [2.75, 3.05) is 0 Å². The Balaban J connectivity index is 1.73. The average Bonchev–Trinajstić information content (AvgIpc) is 2.97. The molecule has 0 saturated carbocycles. The number of rotatable bonds is 5. The van der Waals surface area contributed by atoms with Crippen LogP contribution in [0.2, 0.25) is 0 Å². The Bertz CT molecular complexity index is 766. The number of carbonyl (C=O) groups is 1. The fraction of sp³-hybridized carbons (Fsp3) is 0.0588. The van der Waals surface area contributed by atoms with Crippen LogP contribution < -0.4 is 4.74 Å². The largest absolute Gasteiger partial charge is 0.481 e. The van der Waals surface area contributed by atoms with Crippen LogP contribution in [0.1, 0.15) is 5.69 Å². The molecule has 0 saturated heterocycles. The van der Waals surface area contributed by atoms with Gasteiger partial charge in [-0.05, 0) is 36.4 Å². The van der Waals surface area contributed by atoms with Crippen molar-refractivity contribution >= 4 is 17.3 Å². The summed E-state index contributed by atoms with van der Waals surface area (Å²) in [4.78, 5) is 15.0. The molecule has 2 aromatic carbocycles. The highest BCUT2D eigenvalue weighted by Gasteiger charge is 2.08. The second-order valence-corrected chi connectivity index (χ2v) is 5.51. The van der Waals surface area contributed by atoms with Crippen molar-refractivity contribution in [1.29, 1.82) is 0 Å². The first-order valence-electron chi connectivity index (χ1n) is 6.70. The molecule has 0 fully saturated rings. The molecule has 5 heteroatoms. The number of carboxylic acid groups (broad SMARTS) is 1. The lowest BCUT2D eigenvalue weighted by molar-refractivity contribution is -0.136. The van der Waals surface area contributed by atoms with Crippen LogP contribution in [-0.4, -0.2) is 16.1 Å². The van der Waals surface area contributed by atoms with Gasteiger partial charge in [0.2, 0.25) is 0 Å². The fourth-order valence-corrected chi connectivity index (χ4v) is 2.79. The molecule has 0 amide bonds. The Morgan fingerprint density at radius 2 is 1.73 bits per heavy atom. The Morgan fingerprint density at radius 1 is 1.05 bits per heavy atom. The van der Waals surface area contributed by atoms with E-state index in [1.165, 1.54) is 11.3 Å². The molecule has 3 aromatic rings. The molecule has 0 aliphatic rings. The topological polar surface area (TPSA) is 59.4 Å². The van der Waals surface area contributed by atoms with E-state index in [2.05, 4.69) is 4.98 Å². The highest BCUT2D eigenvalue weighted by molar-refractivity contribution is 7.13. The van der Waals surface area contributed by atoms with Gasteiger partial charge in [0, 0.05) is 10.9 Å². The number of ether oxygens (including phenoxy) is 1. The van der Waals surface area contributed by atoms with Crippen LogP contribution in [0.4, 0.5) is 0 Å². The van der Waals surface area contributed by atoms with Crippen molar-refractivity contribution in [3.8, 4) is 22.1 Å². The third-order valence-electron chi connectivity index (χ3n) is 2.96. The van der Waals surface area contributed by atoms with E-state index >= 15 is 0 Å². The molecule has 3 rings (SSSR count). The van der Waals surface area contributed by atoms with E-state index in [1.807, 2.05) is 54.6 Å². The van der Waals surface area contributed by atoms with Gasteiger partial charge in [-0.3, -0.25) is 4.79 Å². The first-order chi connectivity index (χ1) is 10.7. The summed E-state index contributed by atoms with van der Waals surface area (Å²) in [5.74, 6) is 0.661. The summed E-state index contributed by atoms with van der Waals surface area (Å²) < 4.78 is 5.73. The van der Waals surface area contributed by atoms with Gasteiger partial charge in [0.1, 0.15) is 16.5 Å². The number of aliphatic carboxylic acids is 1. The first kappa shape index (κ1) is 14.3. The number of para-hydroxylation sites is 1. The highest BCUT2D eigenvalue weighted by Crippen LogP contribution is 2.27. The normalized spacial score (nSPS) is 10.4. The molecule has 0 radical (unpaired) electrons. The van der Waals surface area contributed by atoms with Crippen molar-refractivity contribution < 1.29 is 14.6 Å². The van der Waals surface area contributed by atoms with Crippen molar-refractivity contribution in [2.45, 2.75) is 6.42 Å². The second-order valence-electron chi connectivity index (χ2n) is 4.65. The van der Waals surface area contributed by atoms with E-state index in [4.69, 9.17) is 9.84 Å². The predicted octanol–water partition coefficient (Wildman–Crippen LogP) is 4.23. The van der Waals surface area contributed by atoms with E-state index < -0.39 is 5.97 Å². The lowest BCUT2D eigenvalue weighted by atomic mass is 10.2. The zero-order chi connectivity index (χ0) is 15.4. The number of nitrogens with zero attached hydrogens (tertiary/aromatic N) is 1. The van der Waals surface area contributed by atoms with E-state index in [1.54, 1.807) is 5.38 Å². The smallest absolute Gasteiger partial charge is 0.309 e. The third kappa shape index (κ3) is 3.51.